The largest absolute Gasteiger partial charge is 0.489 e. The third-order valence-corrected chi connectivity index (χ3v) is 4.04. The molecule has 2 aromatic carbocycles. The molecule has 1 N–H and O–H groups in total. The van der Waals surface area contributed by atoms with Crippen molar-refractivity contribution >= 4 is 6.03 Å². The smallest absolute Gasteiger partial charge is 0.317 e. The van der Waals surface area contributed by atoms with Gasteiger partial charge in [-0.15, -0.1) is 0 Å². The number of nitrogens with one attached hydrogen (secondary N) is 1. The van der Waals surface area contributed by atoms with E-state index in [0.29, 0.717) is 13.1 Å². The molecule has 1 heterocycles. The summed E-state index contributed by atoms with van der Waals surface area (Å²) >= 11 is 0. The summed E-state index contributed by atoms with van der Waals surface area (Å²) in [6, 6.07) is 17.9. The van der Waals surface area contributed by atoms with Gasteiger partial charge in [-0.1, -0.05) is 48.0 Å². The zero-order valence-corrected chi connectivity index (χ0v) is 13.4. The number of carbonyl (C=O) groups is 1. The normalized spacial score (nSPS) is 17.1. The first-order valence-electron chi connectivity index (χ1n) is 8.01. The maximum absolute atomic E-state index is 12.2. The van der Waals surface area contributed by atoms with E-state index in [0.717, 1.165) is 24.3 Å². The van der Waals surface area contributed by atoms with E-state index in [-0.39, 0.29) is 12.1 Å². The molecule has 2 aromatic rings. The number of para-hydroxylation sites is 1. The van der Waals surface area contributed by atoms with Gasteiger partial charge in [0.25, 0.3) is 0 Å². The van der Waals surface area contributed by atoms with Gasteiger partial charge in [0.15, 0.2) is 0 Å². The van der Waals surface area contributed by atoms with Crippen LogP contribution in [-0.4, -0.2) is 30.1 Å². The molecule has 1 unspecified atom stereocenters. The van der Waals surface area contributed by atoms with Crippen LogP contribution in [0.2, 0.25) is 0 Å². The molecule has 0 radical (unpaired) electrons. The van der Waals surface area contributed by atoms with Crippen LogP contribution in [0.3, 0.4) is 0 Å². The Kier molecular flexibility index (Phi) is 4.81. The molecule has 0 aromatic heterocycles. The maximum atomic E-state index is 12.2. The van der Waals surface area contributed by atoms with Gasteiger partial charge < -0.3 is 15.0 Å². The van der Waals surface area contributed by atoms with E-state index >= 15 is 0 Å². The van der Waals surface area contributed by atoms with E-state index in [1.165, 1.54) is 5.56 Å². The SMILES string of the molecule is Cc1ccc(CNC(=O)N2CCC(Oc3ccccc3)C2)cc1. The van der Waals surface area contributed by atoms with Gasteiger partial charge in [0.05, 0.1) is 6.54 Å². The Morgan fingerprint density at radius 2 is 1.91 bits per heavy atom. The van der Waals surface area contributed by atoms with Crippen molar-refractivity contribution in [2.75, 3.05) is 13.1 Å². The standard InChI is InChI=1S/C19H22N2O2/c1-15-7-9-16(10-8-15)13-20-19(22)21-12-11-18(14-21)23-17-5-3-2-4-6-17/h2-10,18H,11-14H2,1H3,(H,20,22). The summed E-state index contributed by atoms with van der Waals surface area (Å²) in [6.45, 7) is 3.98. The van der Waals surface area contributed by atoms with E-state index in [1.807, 2.05) is 47.4 Å². The number of ether oxygens (including phenoxy) is 1. The second kappa shape index (κ2) is 7.18. The molecule has 4 nitrogen and oxygen atoms in total. The molecule has 1 aliphatic rings. The second-order valence-electron chi connectivity index (χ2n) is 5.93. The molecule has 2 amide bonds. The molecule has 1 atom stereocenters. The monoisotopic (exact) mass is 310 g/mol. The van der Waals surface area contributed by atoms with E-state index in [4.69, 9.17) is 4.74 Å². The average Bonchev–Trinajstić information content (AvgIpc) is 3.03. The number of urea groups is 1. The molecule has 1 fully saturated rings. The Balaban J connectivity index is 1.46. The highest BCUT2D eigenvalue weighted by Gasteiger charge is 2.27. The molecule has 23 heavy (non-hydrogen) atoms. The summed E-state index contributed by atoms with van der Waals surface area (Å²) in [5, 5.41) is 2.98. The predicted octanol–water partition coefficient (Wildman–Crippen LogP) is 3.36. The zero-order chi connectivity index (χ0) is 16.1. The first-order chi connectivity index (χ1) is 11.2. The lowest BCUT2D eigenvalue weighted by Crippen LogP contribution is -2.39. The van der Waals surface area contributed by atoms with Crippen LogP contribution in [0.5, 0.6) is 5.75 Å². The van der Waals surface area contributed by atoms with Crippen LogP contribution in [0.25, 0.3) is 0 Å². The van der Waals surface area contributed by atoms with Crippen LogP contribution in [-0.2, 0) is 6.54 Å². The van der Waals surface area contributed by atoms with Crippen LogP contribution >= 0.6 is 0 Å². The van der Waals surface area contributed by atoms with Gasteiger partial charge in [0.2, 0.25) is 0 Å². The minimum absolute atomic E-state index is 0.0234. The topological polar surface area (TPSA) is 41.6 Å². The Morgan fingerprint density at radius 3 is 2.65 bits per heavy atom. The number of rotatable bonds is 4. The molecule has 0 spiro atoms. The highest BCUT2D eigenvalue weighted by Crippen LogP contribution is 2.18. The van der Waals surface area contributed by atoms with Crippen molar-refractivity contribution in [1.82, 2.24) is 10.2 Å². The summed E-state index contributed by atoms with van der Waals surface area (Å²) in [7, 11) is 0. The van der Waals surface area contributed by atoms with Gasteiger partial charge in [0, 0.05) is 19.5 Å². The first-order valence-corrected chi connectivity index (χ1v) is 8.01. The molecular weight excluding hydrogens is 288 g/mol. The quantitative estimate of drug-likeness (QED) is 0.941. The van der Waals surface area contributed by atoms with Crippen molar-refractivity contribution in [3.05, 3.63) is 65.7 Å². The fourth-order valence-corrected chi connectivity index (χ4v) is 2.70. The highest BCUT2D eigenvalue weighted by molar-refractivity contribution is 5.74. The Bertz CT molecular complexity index is 640. The van der Waals surface area contributed by atoms with Crippen molar-refractivity contribution in [3.8, 4) is 5.75 Å². The molecular formula is C19H22N2O2. The Morgan fingerprint density at radius 1 is 1.17 bits per heavy atom. The molecule has 4 heteroatoms. The lowest BCUT2D eigenvalue weighted by molar-refractivity contribution is 0.186. The molecule has 3 rings (SSSR count). The second-order valence-corrected chi connectivity index (χ2v) is 5.93. The van der Waals surface area contributed by atoms with Crippen molar-refractivity contribution in [2.24, 2.45) is 0 Å². The number of nitrogens with zero attached hydrogens (tertiary/aromatic N) is 1. The van der Waals surface area contributed by atoms with Crippen LogP contribution in [0.1, 0.15) is 17.5 Å². The first kappa shape index (κ1) is 15.4. The third-order valence-electron chi connectivity index (χ3n) is 4.04. The molecule has 0 aliphatic carbocycles. The van der Waals surface area contributed by atoms with Gasteiger partial charge in [-0.25, -0.2) is 4.79 Å². The van der Waals surface area contributed by atoms with Crippen LogP contribution in [0, 0.1) is 6.92 Å². The van der Waals surface area contributed by atoms with Crippen LogP contribution in [0.15, 0.2) is 54.6 Å². The predicted molar refractivity (Wildman–Crippen MR) is 90.5 cm³/mol. The van der Waals surface area contributed by atoms with Gasteiger partial charge in [0.1, 0.15) is 11.9 Å². The maximum Gasteiger partial charge on any atom is 0.317 e. The fourth-order valence-electron chi connectivity index (χ4n) is 2.70. The van der Waals surface area contributed by atoms with Gasteiger partial charge in [-0.05, 0) is 24.6 Å². The number of benzene rings is 2. The lowest BCUT2D eigenvalue weighted by atomic mass is 10.1. The summed E-state index contributed by atoms with van der Waals surface area (Å²) < 4.78 is 5.91. The number of aryl methyl sites for hydroxylation is 1. The summed E-state index contributed by atoms with van der Waals surface area (Å²) in [6.07, 6.45) is 0.940. The summed E-state index contributed by atoms with van der Waals surface area (Å²) in [5.41, 5.74) is 2.33. The molecule has 0 bridgehead atoms. The van der Waals surface area contributed by atoms with E-state index < -0.39 is 0 Å². The van der Waals surface area contributed by atoms with E-state index in [9.17, 15) is 4.79 Å². The Labute approximate surface area is 137 Å². The number of hydrogen-bond acceptors (Lipinski definition) is 2. The van der Waals surface area contributed by atoms with E-state index in [2.05, 4.69) is 24.4 Å². The van der Waals surface area contributed by atoms with Gasteiger partial charge in [-0.3, -0.25) is 0 Å². The Hall–Kier alpha value is -2.49. The highest BCUT2D eigenvalue weighted by atomic mass is 16.5. The number of hydrogen-bond donors (Lipinski definition) is 1. The molecule has 1 saturated heterocycles. The van der Waals surface area contributed by atoms with Crippen LogP contribution < -0.4 is 10.1 Å². The van der Waals surface area contributed by atoms with Crippen LogP contribution in [0.4, 0.5) is 4.79 Å². The fraction of sp³-hybridized carbons (Fsp3) is 0.316. The summed E-state index contributed by atoms with van der Waals surface area (Å²) in [4.78, 5) is 14.1. The zero-order valence-electron chi connectivity index (χ0n) is 13.4. The minimum atomic E-state index is -0.0234. The van der Waals surface area contributed by atoms with Gasteiger partial charge in [-0.2, -0.15) is 0 Å². The van der Waals surface area contributed by atoms with E-state index in [1.54, 1.807) is 0 Å². The lowest BCUT2D eigenvalue weighted by Gasteiger charge is -2.18. The number of amides is 2. The molecule has 0 saturated carbocycles. The molecule has 120 valence electrons. The van der Waals surface area contributed by atoms with Crippen molar-refractivity contribution in [3.63, 3.8) is 0 Å². The average molecular weight is 310 g/mol. The van der Waals surface area contributed by atoms with Gasteiger partial charge >= 0.3 is 6.03 Å². The third kappa shape index (κ3) is 4.25. The number of carbonyl (C=O) groups excluding carboxylic acids is 1. The summed E-state index contributed by atoms with van der Waals surface area (Å²) in [5.74, 6) is 0.861. The molecule has 1 aliphatic heterocycles. The van der Waals surface area contributed by atoms with Crippen molar-refractivity contribution < 1.29 is 9.53 Å². The van der Waals surface area contributed by atoms with Crippen molar-refractivity contribution in [1.29, 1.82) is 0 Å². The minimum Gasteiger partial charge on any atom is -0.489 e. The van der Waals surface area contributed by atoms with Crippen molar-refractivity contribution in [2.45, 2.75) is 26.0 Å². The number of likely N-dealkylation sites (tertiary alicyclic amines) is 1.